The van der Waals surface area contributed by atoms with Gasteiger partial charge in [0.05, 0.1) is 5.69 Å². The Bertz CT molecular complexity index is 423. The highest BCUT2D eigenvalue weighted by Gasteiger charge is 2.19. The van der Waals surface area contributed by atoms with Crippen LogP contribution in [0.15, 0.2) is 11.1 Å². The van der Waals surface area contributed by atoms with Gasteiger partial charge in [-0.3, -0.25) is 4.68 Å². The molecule has 0 bridgehead atoms. The normalized spacial score (nSPS) is 12.4. The first kappa shape index (κ1) is 11.2. The summed E-state index contributed by atoms with van der Waals surface area (Å²) in [4.78, 5) is 0. The molecule has 0 aromatic carbocycles. The molecule has 0 aliphatic rings. The summed E-state index contributed by atoms with van der Waals surface area (Å²) in [5.74, 6) is 0.217. The fourth-order valence-corrected chi connectivity index (χ4v) is 1.87. The second-order valence-corrected chi connectivity index (χ2v) is 4.93. The number of nitrogens with zero attached hydrogens (tertiary/aromatic N) is 2. The number of hydrogen-bond acceptors (Lipinski definition) is 3. The topological polar surface area (TPSA) is 52.0 Å². The van der Waals surface area contributed by atoms with Crippen LogP contribution in [-0.4, -0.2) is 18.2 Å². The molecule has 0 spiro atoms. The zero-order chi connectivity index (χ0) is 10.9. The lowest BCUT2D eigenvalue weighted by atomic mass is 10.2. The van der Waals surface area contributed by atoms with Crippen molar-refractivity contribution in [2.24, 2.45) is 5.92 Å². The van der Waals surface area contributed by atoms with Gasteiger partial charge in [0.2, 0.25) is 0 Å². The summed E-state index contributed by atoms with van der Waals surface area (Å²) >= 11 is 0. The lowest BCUT2D eigenvalue weighted by molar-refractivity contribution is 0.441. The van der Waals surface area contributed by atoms with E-state index in [2.05, 4.69) is 5.10 Å². The Labute approximate surface area is 82.9 Å². The summed E-state index contributed by atoms with van der Waals surface area (Å²) < 4.78 is 35.4. The molecule has 0 saturated heterocycles. The standard InChI is InChI=1S/C8H13FN2O2S/c1-6(2)5-11-8(14(9,12)13)4-7(3)10-11/h4,6H,5H2,1-3H3. The zero-order valence-corrected chi connectivity index (χ0v) is 9.18. The van der Waals surface area contributed by atoms with Gasteiger partial charge < -0.3 is 0 Å². The third-order valence-electron chi connectivity index (χ3n) is 1.65. The molecule has 80 valence electrons. The third-order valence-corrected chi connectivity index (χ3v) is 2.48. The van der Waals surface area contributed by atoms with Gasteiger partial charge in [0.15, 0.2) is 5.03 Å². The van der Waals surface area contributed by atoms with Gasteiger partial charge in [0, 0.05) is 12.6 Å². The van der Waals surface area contributed by atoms with Gasteiger partial charge in [-0.05, 0) is 12.8 Å². The van der Waals surface area contributed by atoms with Gasteiger partial charge in [-0.25, -0.2) is 0 Å². The molecule has 1 aromatic heterocycles. The maximum Gasteiger partial charge on any atom is 0.349 e. The van der Waals surface area contributed by atoms with Crippen LogP contribution in [0.2, 0.25) is 0 Å². The van der Waals surface area contributed by atoms with Crippen LogP contribution in [0.1, 0.15) is 19.5 Å². The highest BCUT2D eigenvalue weighted by Crippen LogP contribution is 2.15. The molecule has 4 nitrogen and oxygen atoms in total. The Morgan fingerprint density at radius 1 is 1.57 bits per heavy atom. The predicted octanol–water partition coefficient (Wildman–Crippen LogP) is 1.51. The SMILES string of the molecule is Cc1cc(S(=O)(=O)F)n(CC(C)C)n1. The average Bonchev–Trinajstić information content (AvgIpc) is 2.28. The summed E-state index contributed by atoms with van der Waals surface area (Å²) in [6.45, 7) is 5.84. The predicted molar refractivity (Wildman–Crippen MR) is 50.1 cm³/mol. The minimum absolute atomic E-state index is 0.217. The molecule has 6 heteroatoms. The molecular weight excluding hydrogens is 207 g/mol. The van der Waals surface area contributed by atoms with Crippen LogP contribution in [0.25, 0.3) is 0 Å². The number of hydrogen-bond donors (Lipinski definition) is 0. The van der Waals surface area contributed by atoms with Crippen LogP contribution >= 0.6 is 0 Å². The van der Waals surface area contributed by atoms with Crippen molar-refractivity contribution in [2.75, 3.05) is 0 Å². The van der Waals surface area contributed by atoms with Crippen molar-refractivity contribution in [3.8, 4) is 0 Å². The quantitative estimate of drug-likeness (QED) is 0.725. The second kappa shape index (κ2) is 3.68. The van der Waals surface area contributed by atoms with Gasteiger partial charge in [0.25, 0.3) is 0 Å². The third kappa shape index (κ3) is 2.54. The average molecular weight is 220 g/mol. The van der Waals surface area contributed by atoms with Crippen molar-refractivity contribution in [3.05, 3.63) is 11.8 Å². The van der Waals surface area contributed by atoms with E-state index in [0.29, 0.717) is 12.2 Å². The van der Waals surface area contributed by atoms with E-state index in [-0.39, 0.29) is 10.9 Å². The van der Waals surface area contributed by atoms with Crippen molar-refractivity contribution in [1.29, 1.82) is 0 Å². The first-order chi connectivity index (χ1) is 6.30. The molecule has 1 rings (SSSR count). The van der Waals surface area contributed by atoms with Gasteiger partial charge in [-0.1, -0.05) is 17.7 Å². The molecule has 0 fully saturated rings. The molecule has 1 heterocycles. The largest absolute Gasteiger partial charge is 0.349 e. The van der Waals surface area contributed by atoms with Gasteiger partial charge in [0.1, 0.15) is 0 Å². The molecule has 0 N–H and O–H groups in total. The van der Waals surface area contributed by atoms with E-state index in [0.717, 1.165) is 0 Å². The summed E-state index contributed by atoms with van der Waals surface area (Å²) in [6, 6.07) is 1.23. The Balaban J connectivity index is 3.16. The van der Waals surface area contributed by atoms with Crippen molar-refractivity contribution in [1.82, 2.24) is 9.78 Å². The van der Waals surface area contributed by atoms with E-state index < -0.39 is 10.2 Å². The molecule has 0 radical (unpaired) electrons. The Morgan fingerprint density at radius 2 is 2.14 bits per heavy atom. The van der Waals surface area contributed by atoms with Crippen LogP contribution in [-0.2, 0) is 16.8 Å². The summed E-state index contributed by atoms with van der Waals surface area (Å²) in [7, 11) is -4.66. The minimum atomic E-state index is -4.66. The molecule has 0 atom stereocenters. The fourth-order valence-electron chi connectivity index (χ4n) is 1.19. The number of rotatable bonds is 3. The van der Waals surface area contributed by atoms with Crippen LogP contribution < -0.4 is 0 Å². The monoisotopic (exact) mass is 220 g/mol. The molecule has 0 unspecified atom stereocenters. The summed E-state index contributed by atoms with van der Waals surface area (Å²) in [5, 5.41) is 3.56. The van der Waals surface area contributed by atoms with Crippen LogP contribution in [0.4, 0.5) is 3.89 Å². The molecule has 0 amide bonds. The zero-order valence-electron chi connectivity index (χ0n) is 8.36. The Morgan fingerprint density at radius 3 is 2.57 bits per heavy atom. The number of aryl methyl sites for hydroxylation is 1. The maximum absolute atomic E-state index is 12.8. The van der Waals surface area contributed by atoms with Gasteiger partial charge >= 0.3 is 10.2 Å². The Kier molecular flexibility index (Phi) is 2.94. The first-order valence-electron chi connectivity index (χ1n) is 4.30. The van der Waals surface area contributed by atoms with Crippen LogP contribution in [0, 0.1) is 12.8 Å². The van der Waals surface area contributed by atoms with E-state index >= 15 is 0 Å². The lowest BCUT2D eigenvalue weighted by Crippen LogP contribution is -2.11. The summed E-state index contributed by atoms with van der Waals surface area (Å²) in [6.07, 6.45) is 0. The molecule has 0 aliphatic carbocycles. The highest BCUT2D eigenvalue weighted by atomic mass is 32.3. The lowest BCUT2D eigenvalue weighted by Gasteiger charge is -2.06. The van der Waals surface area contributed by atoms with Crippen LogP contribution in [0.5, 0.6) is 0 Å². The smallest absolute Gasteiger partial charge is 0.251 e. The van der Waals surface area contributed by atoms with Crippen molar-refractivity contribution in [2.45, 2.75) is 32.3 Å². The Hall–Kier alpha value is -0.910. The maximum atomic E-state index is 12.8. The van der Waals surface area contributed by atoms with Crippen molar-refractivity contribution >= 4 is 10.2 Å². The van der Waals surface area contributed by atoms with E-state index in [1.54, 1.807) is 6.92 Å². The summed E-state index contributed by atoms with van der Waals surface area (Å²) in [5.41, 5.74) is 0.502. The van der Waals surface area contributed by atoms with E-state index in [4.69, 9.17) is 0 Å². The minimum Gasteiger partial charge on any atom is -0.251 e. The van der Waals surface area contributed by atoms with E-state index in [1.165, 1.54) is 10.7 Å². The van der Waals surface area contributed by atoms with Gasteiger partial charge in [-0.15, -0.1) is 0 Å². The van der Waals surface area contributed by atoms with Crippen LogP contribution in [0.3, 0.4) is 0 Å². The molecule has 0 saturated carbocycles. The van der Waals surface area contributed by atoms with E-state index in [1.807, 2.05) is 13.8 Å². The van der Waals surface area contributed by atoms with Gasteiger partial charge in [-0.2, -0.15) is 13.5 Å². The fraction of sp³-hybridized carbons (Fsp3) is 0.625. The molecule has 0 aliphatic heterocycles. The number of aromatic nitrogens is 2. The molecule has 1 aromatic rings. The van der Waals surface area contributed by atoms with E-state index in [9.17, 15) is 12.3 Å². The molecule has 14 heavy (non-hydrogen) atoms. The van der Waals surface area contributed by atoms with Crippen molar-refractivity contribution < 1.29 is 12.3 Å². The second-order valence-electron chi connectivity index (χ2n) is 3.64. The van der Waals surface area contributed by atoms with Crippen molar-refractivity contribution in [3.63, 3.8) is 0 Å². The molecular formula is C8H13FN2O2S. The highest BCUT2D eigenvalue weighted by molar-refractivity contribution is 7.86. The first-order valence-corrected chi connectivity index (χ1v) is 5.68. The number of halogens is 1.